The molecular formula is C15H23NO2. The lowest BCUT2D eigenvalue weighted by Gasteiger charge is -2.28. The monoisotopic (exact) mass is 249 g/mol. The van der Waals surface area contributed by atoms with Crippen molar-refractivity contribution in [1.82, 2.24) is 4.90 Å². The molecule has 18 heavy (non-hydrogen) atoms. The van der Waals surface area contributed by atoms with Gasteiger partial charge in [0.05, 0.1) is 5.60 Å². The van der Waals surface area contributed by atoms with Gasteiger partial charge in [-0.25, -0.2) is 0 Å². The second-order valence-electron chi connectivity index (χ2n) is 5.21. The molecule has 3 heteroatoms. The van der Waals surface area contributed by atoms with Crippen LogP contribution in [0.25, 0.3) is 0 Å². The lowest BCUT2D eigenvalue weighted by Crippen LogP contribution is -2.42. The van der Waals surface area contributed by atoms with E-state index >= 15 is 0 Å². The molecule has 0 atom stereocenters. The van der Waals surface area contributed by atoms with Crippen LogP contribution in [0.2, 0.25) is 0 Å². The van der Waals surface area contributed by atoms with Gasteiger partial charge in [0.2, 0.25) is 5.91 Å². The van der Waals surface area contributed by atoms with Gasteiger partial charge in [-0.1, -0.05) is 30.3 Å². The first kappa shape index (κ1) is 14.7. The molecule has 0 aliphatic rings. The molecule has 0 bridgehead atoms. The number of nitrogens with zero attached hydrogens (tertiary/aromatic N) is 1. The van der Waals surface area contributed by atoms with Crippen LogP contribution in [-0.2, 0) is 11.2 Å². The number of rotatable bonds is 6. The molecule has 0 spiro atoms. The van der Waals surface area contributed by atoms with E-state index in [9.17, 15) is 9.90 Å². The molecule has 1 aromatic carbocycles. The van der Waals surface area contributed by atoms with E-state index in [-0.39, 0.29) is 5.91 Å². The molecule has 100 valence electrons. The van der Waals surface area contributed by atoms with Crippen molar-refractivity contribution in [1.29, 1.82) is 0 Å². The lowest BCUT2D eigenvalue weighted by molar-refractivity contribution is -0.133. The van der Waals surface area contributed by atoms with Gasteiger partial charge in [0.1, 0.15) is 0 Å². The van der Waals surface area contributed by atoms with E-state index in [2.05, 4.69) is 0 Å². The van der Waals surface area contributed by atoms with Gasteiger partial charge in [0, 0.05) is 19.5 Å². The number of benzene rings is 1. The minimum absolute atomic E-state index is 0.100. The maximum absolute atomic E-state index is 12.0. The summed E-state index contributed by atoms with van der Waals surface area (Å²) < 4.78 is 0. The van der Waals surface area contributed by atoms with Gasteiger partial charge in [-0.05, 0) is 32.8 Å². The SMILES string of the molecule is CCN(CC(C)(C)O)C(=O)CCc1ccccc1. The molecule has 0 heterocycles. The Kier molecular flexibility index (Phi) is 5.35. The maximum atomic E-state index is 12.0. The average molecular weight is 249 g/mol. The summed E-state index contributed by atoms with van der Waals surface area (Å²) >= 11 is 0. The standard InChI is InChI=1S/C15H23NO2/c1-4-16(12-15(2,3)18)14(17)11-10-13-8-6-5-7-9-13/h5-9,18H,4,10-12H2,1-3H3. The fraction of sp³-hybridized carbons (Fsp3) is 0.533. The summed E-state index contributed by atoms with van der Waals surface area (Å²) in [5.74, 6) is 0.100. The number of aryl methyl sites for hydroxylation is 1. The Morgan fingerprint density at radius 1 is 1.28 bits per heavy atom. The number of amides is 1. The minimum Gasteiger partial charge on any atom is -0.389 e. The van der Waals surface area contributed by atoms with Gasteiger partial charge in [-0.15, -0.1) is 0 Å². The largest absolute Gasteiger partial charge is 0.389 e. The van der Waals surface area contributed by atoms with Gasteiger partial charge < -0.3 is 10.0 Å². The molecule has 1 N–H and O–H groups in total. The summed E-state index contributed by atoms with van der Waals surface area (Å²) in [5, 5.41) is 9.76. The smallest absolute Gasteiger partial charge is 0.222 e. The summed E-state index contributed by atoms with van der Waals surface area (Å²) in [6.45, 7) is 6.40. The molecule has 1 amide bonds. The van der Waals surface area contributed by atoms with Crippen molar-refractivity contribution in [3.63, 3.8) is 0 Å². The van der Waals surface area contributed by atoms with Crippen LogP contribution in [-0.4, -0.2) is 34.6 Å². The molecule has 0 aromatic heterocycles. The normalized spacial score (nSPS) is 11.3. The molecule has 0 aliphatic carbocycles. The molecule has 1 aromatic rings. The highest BCUT2D eigenvalue weighted by Gasteiger charge is 2.20. The van der Waals surface area contributed by atoms with Crippen molar-refractivity contribution < 1.29 is 9.90 Å². The van der Waals surface area contributed by atoms with Crippen molar-refractivity contribution >= 4 is 5.91 Å². The lowest BCUT2D eigenvalue weighted by atomic mass is 10.1. The Morgan fingerprint density at radius 2 is 1.89 bits per heavy atom. The number of hydrogen-bond donors (Lipinski definition) is 1. The van der Waals surface area contributed by atoms with Crippen molar-refractivity contribution in [2.24, 2.45) is 0 Å². The van der Waals surface area contributed by atoms with Crippen LogP contribution in [0.1, 0.15) is 32.8 Å². The Balaban J connectivity index is 2.48. The Hall–Kier alpha value is -1.35. The van der Waals surface area contributed by atoms with Gasteiger partial charge in [-0.2, -0.15) is 0 Å². The van der Waals surface area contributed by atoms with E-state index in [4.69, 9.17) is 0 Å². The molecule has 1 rings (SSSR count). The zero-order valence-electron chi connectivity index (χ0n) is 11.5. The van der Waals surface area contributed by atoms with Gasteiger partial charge in [0.15, 0.2) is 0 Å². The van der Waals surface area contributed by atoms with E-state index in [0.29, 0.717) is 19.5 Å². The highest BCUT2D eigenvalue weighted by Crippen LogP contribution is 2.09. The van der Waals surface area contributed by atoms with Crippen molar-refractivity contribution in [2.45, 2.75) is 39.2 Å². The molecule has 3 nitrogen and oxygen atoms in total. The predicted molar refractivity (Wildman–Crippen MR) is 73.3 cm³/mol. The van der Waals surface area contributed by atoms with Gasteiger partial charge in [-0.3, -0.25) is 4.79 Å². The second kappa shape index (κ2) is 6.55. The second-order valence-corrected chi connectivity index (χ2v) is 5.21. The van der Waals surface area contributed by atoms with Crippen molar-refractivity contribution in [3.05, 3.63) is 35.9 Å². The Morgan fingerprint density at radius 3 is 2.39 bits per heavy atom. The van der Waals surface area contributed by atoms with Crippen LogP contribution in [0.3, 0.4) is 0 Å². The number of aliphatic hydroxyl groups is 1. The van der Waals surface area contributed by atoms with Crippen LogP contribution in [0.15, 0.2) is 30.3 Å². The fourth-order valence-corrected chi connectivity index (χ4v) is 1.90. The summed E-state index contributed by atoms with van der Waals surface area (Å²) in [6.07, 6.45) is 1.25. The number of carbonyl (C=O) groups is 1. The third-order valence-electron chi connectivity index (χ3n) is 2.78. The molecule has 0 saturated heterocycles. The van der Waals surface area contributed by atoms with Gasteiger partial charge in [0.25, 0.3) is 0 Å². The molecular weight excluding hydrogens is 226 g/mol. The van der Waals surface area contributed by atoms with Crippen LogP contribution in [0.4, 0.5) is 0 Å². The molecule has 0 aliphatic heterocycles. The summed E-state index contributed by atoms with van der Waals surface area (Å²) in [5.41, 5.74) is 0.337. The molecule has 0 unspecified atom stereocenters. The van der Waals surface area contributed by atoms with Crippen LogP contribution in [0.5, 0.6) is 0 Å². The first-order chi connectivity index (χ1) is 8.42. The van der Waals surface area contributed by atoms with E-state index in [0.717, 1.165) is 6.42 Å². The first-order valence-electron chi connectivity index (χ1n) is 6.46. The predicted octanol–water partition coefficient (Wildman–Crippen LogP) is 2.24. The van der Waals surface area contributed by atoms with Crippen LogP contribution in [0, 0.1) is 0 Å². The van der Waals surface area contributed by atoms with E-state index < -0.39 is 5.60 Å². The minimum atomic E-state index is -0.835. The third-order valence-corrected chi connectivity index (χ3v) is 2.78. The molecule has 0 fully saturated rings. The molecule has 0 radical (unpaired) electrons. The molecule has 0 saturated carbocycles. The van der Waals surface area contributed by atoms with E-state index in [1.54, 1.807) is 18.7 Å². The number of likely N-dealkylation sites (N-methyl/N-ethyl adjacent to an activating group) is 1. The fourth-order valence-electron chi connectivity index (χ4n) is 1.90. The highest BCUT2D eigenvalue weighted by molar-refractivity contribution is 5.76. The zero-order chi connectivity index (χ0) is 13.6. The highest BCUT2D eigenvalue weighted by atomic mass is 16.3. The Bertz CT molecular complexity index is 368. The third kappa shape index (κ3) is 5.32. The van der Waals surface area contributed by atoms with E-state index in [1.807, 2.05) is 37.3 Å². The van der Waals surface area contributed by atoms with Crippen molar-refractivity contribution in [2.75, 3.05) is 13.1 Å². The number of hydrogen-bond acceptors (Lipinski definition) is 2. The summed E-state index contributed by atoms with van der Waals surface area (Å²) in [6, 6.07) is 9.99. The zero-order valence-corrected chi connectivity index (χ0v) is 11.5. The Labute approximate surface area is 109 Å². The van der Waals surface area contributed by atoms with Crippen LogP contribution < -0.4 is 0 Å². The topological polar surface area (TPSA) is 40.5 Å². The van der Waals surface area contributed by atoms with E-state index in [1.165, 1.54) is 5.56 Å². The summed E-state index contributed by atoms with van der Waals surface area (Å²) in [7, 11) is 0. The number of carbonyl (C=O) groups excluding carboxylic acids is 1. The van der Waals surface area contributed by atoms with Crippen LogP contribution >= 0.6 is 0 Å². The quantitative estimate of drug-likeness (QED) is 0.840. The maximum Gasteiger partial charge on any atom is 0.222 e. The van der Waals surface area contributed by atoms with Crippen molar-refractivity contribution in [3.8, 4) is 0 Å². The first-order valence-corrected chi connectivity index (χ1v) is 6.46. The average Bonchev–Trinajstić information content (AvgIpc) is 2.33. The summed E-state index contributed by atoms with van der Waals surface area (Å²) in [4.78, 5) is 13.8. The van der Waals surface area contributed by atoms with Gasteiger partial charge >= 0.3 is 0 Å².